The third-order valence-electron chi connectivity index (χ3n) is 2.24. The Hall–Kier alpha value is -2.45. The number of halogens is 3. The molecule has 0 atom stereocenters. The van der Waals surface area contributed by atoms with Crippen LogP contribution in [-0.2, 0) is 0 Å². The quantitative estimate of drug-likeness (QED) is 0.796. The lowest BCUT2D eigenvalue weighted by molar-refractivity contribution is -0.137. The molecule has 0 heterocycles. The SMILES string of the molecule is CN(CC(F)(F)F)C(=O)Nc1ccc(C(=O)O)c(O)c1. The van der Waals surface area contributed by atoms with Gasteiger partial charge in [0, 0.05) is 18.8 Å². The summed E-state index contributed by atoms with van der Waals surface area (Å²) in [5.41, 5.74) is -0.404. The lowest BCUT2D eigenvalue weighted by Gasteiger charge is -2.19. The number of carboxylic acid groups (broad SMARTS) is 1. The van der Waals surface area contributed by atoms with E-state index in [0.717, 1.165) is 25.2 Å². The second-order valence-corrected chi connectivity index (χ2v) is 3.94. The minimum absolute atomic E-state index is 0.0217. The molecule has 0 radical (unpaired) electrons. The summed E-state index contributed by atoms with van der Waals surface area (Å²) in [5.74, 6) is -1.97. The number of phenols is 1. The fourth-order valence-corrected chi connectivity index (χ4v) is 1.35. The molecule has 1 rings (SSSR count). The van der Waals surface area contributed by atoms with Crippen LogP contribution >= 0.6 is 0 Å². The summed E-state index contributed by atoms with van der Waals surface area (Å²) in [5, 5.41) is 20.2. The summed E-state index contributed by atoms with van der Waals surface area (Å²) in [6, 6.07) is 2.08. The molecular weight excluding hydrogens is 281 g/mol. The summed E-state index contributed by atoms with van der Waals surface area (Å²) in [6.45, 7) is -1.43. The van der Waals surface area contributed by atoms with Gasteiger partial charge in [-0.25, -0.2) is 9.59 Å². The molecule has 1 aromatic rings. The number of aromatic hydroxyl groups is 1. The van der Waals surface area contributed by atoms with E-state index < -0.39 is 30.5 Å². The molecule has 20 heavy (non-hydrogen) atoms. The highest BCUT2D eigenvalue weighted by molar-refractivity contribution is 5.93. The van der Waals surface area contributed by atoms with Crippen molar-refractivity contribution < 1.29 is 33.0 Å². The number of hydrogen-bond acceptors (Lipinski definition) is 3. The molecule has 1 aromatic carbocycles. The average molecular weight is 292 g/mol. The molecule has 0 saturated carbocycles. The van der Waals surface area contributed by atoms with Crippen LogP contribution in [0.5, 0.6) is 5.75 Å². The van der Waals surface area contributed by atoms with Crippen molar-refractivity contribution >= 4 is 17.7 Å². The predicted molar refractivity (Wildman–Crippen MR) is 62.8 cm³/mol. The van der Waals surface area contributed by atoms with Gasteiger partial charge in [-0.1, -0.05) is 0 Å². The maximum atomic E-state index is 12.1. The van der Waals surface area contributed by atoms with E-state index >= 15 is 0 Å². The maximum Gasteiger partial charge on any atom is 0.406 e. The third-order valence-corrected chi connectivity index (χ3v) is 2.24. The highest BCUT2D eigenvalue weighted by Crippen LogP contribution is 2.22. The fourth-order valence-electron chi connectivity index (χ4n) is 1.35. The van der Waals surface area contributed by atoms with Gasteiger partial charge in [0.25, 0.3) is 0 Å². The van der Waals surface area contributed by atoms with Crippen LogP contribution in [0.1, 0.15) is 10.4 Å². The Kier molecular flexibility index (Phi) is 4.43. The summed E-state index contributed by atoms with van der Waals surface area (Å²) in [7, 11) is 0.953. The minimum atomic E-state index is -4.53. The zero-order valence-electron chi connectivity index (χ0n) is 10.2. The van der Waals surface area contributed by atoms with Gasteiger partial charge in [-0.05, 0) is 12.1 Å². The smallest absolute Gasteiger partial charge is 0.406 e. The lowest BCUT2D eigenvalue weighted by atomic mass is 10.2. The number of carbonyl (C=O) groups is 2. The molecule has 0 aromatic heterocycles. The Morgan fingerprint density at radius 1 is 1.35 bits per heavy atom. The number of nitrogens with zero attached hydrogens (tertiary/aromatic N) is 1. The van der Waals surface area contributed by atoms with E-state index in [-0.39, 0.29) is 11.3 Å². The van der Waals surface area contributed by atoms with Crippen molar-refractivity contribution in [2.75, 3.05) is 18.9 Å². The number of anilines is 1. The Bertz CT molecular complexity index is 531. The number of amides is 2. The molecule has 0 aliphatic rings. The van der Waals surface area contributed by atoms with E-state index in [0.29, 0.717) is 4.90 Å². The molecule has 0 unspecified atom stereocenters. The summed E-state index contributed by atoms with van der Waals surface area (Å²) in [6.07, 6.45) is -4.53. The average Bonchev–Trinajstić information content (AvgIpc) is 2.26. The van der Waals surface area contributed by atoms with Gasteiger partial charge in [-0.3, -0.25) is 0 Å². The van der Waals surface area contributed by atoms with Gasteiger partial charge in [0.05, 0.1) is 0 Å². The number of alkyl halides is 3. The first-order valence-electron chi connectivity index (χ1n) is 5.25. The lowest BCUT2D eigenvalue weighted by Crippen LogP contribution is -2.38. The van der Waals surface area contributed by atoms with E-state index in [1.807, 2.05) is 0 Å². The van der Waals surface area contributed by atoms with Crippen LogP contribution in [0.4, 0.5) is 23.7 Å². The molecule has 2 amide bonds. The fraction of sp³-hybridized carbons (Fsp3) is 0.273. The van der Waals surface area contributed by atoms with Crippen molar-refractivity contribution in [2.24, 2.45) is 0 Å². The number of carbonyl (C=O) groups excluding carboxylic acids is 1. The summed E-state index contributed by atoms with van der Waals surface area (Å²) >= 11 is 0. The Morgan fingerprint density at radius 2 is 1.95 bits per heavy atom. The van der Waals surface area contributed by atoms with E-state index in [9.17, 15) is 27.9 Å². The topological polar surface area (TPSA) is 89.9 Å². The number of hydrogen-bond donors (Lipinski definition) is 3. The van der Waals surface area contributed by atoms with Crippen molar-refractivity contribution in [2.45, 2.75) is 6.18 Å². The van der Waals surface area contributed by atoms with Crippen LogP contribution in [0, 0.1) is 0 Å². The highest BCUT2D eigenvalue weighted by Gasteiger charge is 2.31. The van der Waals surface area contributed by atoms with E-state index in [1.54, 1.807) is 0 Å². The largest absolute Gasteiger partial charge is 0.507 e. The predicted octanol–water partition coefficient (Wildman–Crippen LogP) is 2.12. The van der Waals surface area contributed by atoms with Crippen LogP contribution in [0.15, 0.2) is 18.2 Å². The Balaban J connectivity index is 2.76. The van der Waals surface area contributed by atoms with Crippen LogP contribution in [0.2, 0.25) is 0 Å². The number of rotatable bonds is 3. The minimum Gasteiger partial charge on any atom is -0.507 e. The van der Waals surface area contributed by atoms with Gasteiger partial charge in [0.1, 0.15) is 17.9 Å². The van der Waals surface area contributed by atoms with E-state index in [4.69, 9.17) is 5.11 Å². The molecular formula is C11H11F3N2O4. The number of aromatic carboxylic acids is 1. The molecule has 110 valence electrons. The number of carboxylic acids is 1. The highest BCUT2D eigenvalue weighted by atomic mass is 19.4. The number of benzene rings is 1. The number of nitrogens with one attached hydrogen (secondary N) is 1. The molecule has 6 nitrogen and oxygen atoms in total. The monoisotopic (exact) mass is 292 g/mol. The summed E-state index contributed by atoms with van der Waals surface area (Å²) in [4.78, 5) is 22.5. The molecule has 0 saturated heterocycles. The first-order valence-corrected chi connectivity index (χ1v) is 5.25. The van der Waals surface area contributed by atoms with Crippen molar-refractivity contribution in [1.29, 1.82) is 0 Å². The second kappa shape index (κ2) is 5.68. The van der Waals surface area contributed by atoms with E-state index in [2.05, 4.69) is 5.32 Å². The molecule has 0 fully saturated rings. The van der Waals surface area contributed by atoms with Crippen LogP contribution in [-0.4, -0.2) is 46.9 Å². The molecule has 3 N–H and O–H groups in total. The Labute approximate surface area is 111 Å². The molecule has 9 heteroatoms. The first-order chi connectivity index (χ1) is 9.10. The van der Waals surface area contributed by atoms with E-state index in [1.165, 1.54) is 0 Å². The molecule has 0 bridgehead atoms. The van der Waals surface area contributed by atoms with Gasteiger partial charge in [-0.15, -0.1) is 0 Å². The van der Waals surface area contributed by atoms with Crippen molar-refractivity contribution in [3.63, 3.8) is 0 Å². The normalized spacial score (nSPS) is 11.0. The standard InChI is InChI=1S/C11H11F3N2O4/c1-16(5-11(12,13)14)10(20)15-6-2-3-7(9(18)19)8(17)4-6/h2-4,17H,5H2,1H3,(H,15,20)(H,18,19). The summed E-state index contributed by atoms with van der Waals surface area (Å²) < 4.78 is 36.3. The van der Waals surface area contributed by atoms with Crippen molar-refractivity contribution in [1.82, 2.24) is 4.90 Å². The number of urea groups is 1. The van der Waals surface area contributed by atoms with Crippen molar-refractivity contribution in [3.05, 3.63) is 23.8 Å². The first kappa shape index (κ1) is 15.6. The van der Waals surface area contributed by atoms with Gasteiger partial charge in [0.2, 0.25) is 0 Å². The van der Waals surface area contributed by atoms with Gasteiger partial charge < -0.3 is 20.4 Å². The molecule has 0 aliphatic carbocycles. The second-order valence-electron chi connectivity index (χ2n) is 3.94. The molecule has 0 spiro atoms. The third kappa shape index (κ3) is 4.34. The van der Waals surface area contributed by atoms with Crippen LogP contribution < -0.4 is 5.32 Å². The Morgan fingerprint density at radius 3 is 2.40 bits per heavy atom. The van der Waals surface area contributed by atoms with Crippen LogP contribution in [0.3, 0.4) is 0 Å². The maximum absolute atomic E-state index is 12.1. The van der Waals surface area contributed by atoms with Crippen molar-refractivity contribution in [3.8, 4) is 5.75 Å². The molecule has 0 aliphatic heterocycles. The van der Waals surface area contributed by atoms with Crippen LogP contribution in [0.25, 0.3) is 0 Å². The zero-order valence-corrected chi connectivity index (χ0v) is 10.2. The van der Waals surface area contributed by atoms with Gasteiger partial charge in [-0.2, -0.15) is 13.2 Å². The zero-order chi connectivity index (χ0) is 15.5. The van der Waals surface area contributed by atoms with Gasteiger partial charge in [0.15, 0.2) is 0 Å². The van der Waals surface area contributed by atoms with Gasteiger partial charge >= 0.3 is 18.2 Å².